The quantitative estimate of drug-likeness (QED) is 0.323. The van der Waals surface area contributed by atoms with Crippen molar-refractivity contribution in [2.24, 2.45) is 0 Å². The normalized spacial score (nSPS) is 17.5. The summed E-state index contributed by atoms with van der Waals surface area (Å²) in [7, 11) is 1.57. The highest BCUT2D eigenvalue weighted by molar-refractivity contribution is 14.1. The summed E-state index contributed by atoms with van der Waals surface area (Å²) in [5.41, 5.74) is 3.05. The molecule has 0 aromatic heterocycles. The van der Waals surface area contributed by atoms with Crippen molar-refractivity contribution in [2.45, 2.75) is 39.3 Å². The highest BCUT2D eigenvalue weighted by Gasteiger charge is 2.37. The fraction of sp³-hybridized carbons (Fsp3) is 0.346. The average Bonchev–Trinajstić information content (AvgIpc) is 3.12. The molecule has 0 radical (unpaired) electrons. The summed E-state index contributed by atoms with van der Waals surface area (Å²) in [5.74, 6) is 0.523. The Bertz CT molecular complexity index is 1200. The summed E-state index contributed by atoms with van der Waals surface area (Å²) in [6.45, 7) is 4.84. The molecule has 2 aromatic rings. The van der Waals surface area contributed by atoms with Gasteiger partial charge in [-0.25, -0.2) is 0 Å². The molecule has 9 heteroatoms. The number of methoxy groups -OCH3 is 1. The Labute approximate surface area is 223 Å². The van der Waals surface area contributed by atoms with Gasteiger partial charge in [-0.05, 0) is 89.0 Å². The van der Waals surface area contributed by atoms with Crippen LogP contribution in [0.4, 0.5) is 4.79 Å². The Kier molecular flexibility index (Phi) is 8.05. The highest BCUT2D eigenvalue weighted by atomic mass is 127. The van der Waals surface area contributed by atoms with Crippen LogP contribution in [0.3, 0.4) is 0 Å². The average molecular weight is 606 g/mol. The monoisotopic (exact) mass is 606 g/mol. The summed E-state index contributed by atoms with van der Waals surface area (Å²) >= 11 is 3.02. The molecule has 0 unspecified atom stereocenters. The van der Waals surface area contributed by atoms with Crippen molar-refractivity contribution in [1.29, 1.82) is 0 Å². The van der Waals surface area contributed by atoms with E-state index in [2.05, 4.69) is 28.7 Å². The molecule has 1 saturated heterocycles. The molecule has 1 atom stereocenters. The second-order valence-corrected chi connectivity index (χ2v) is 10.6. The third-order valence-corrected chi connectivity index (χ3v) is 7.80. The Morgan fingerprint density at radius 2 is 1.97 bits per heavy atom. The van der Waals surface area contributed by atoms with Crippen LogP contribution in [0.25, 0.3) is 6.08 Å². The second-order valence-electron chi connectivity index (χ2n) is 8.47. The van der Waals surface area contributed by atoms with E-state index < -0.39 is 11.1 Å². The zero-order valence-corrected chi connectivity index (χ0v) is 22.9. The van der Waals surface area contributed by atoms with Crippen LogP contribution >= 0.6 is 34.4 Å². The van der Waals surface area contributed by atoms with Crippen molar-refractivity contribution in [3.63, 3.8) is 0 Å². The maximum absolute atomic E-state index is 13.0. The molecular weight excluding hydrogens is 579 g/mol. The Balaban J connectivity index is 1.48. The van der Waals surface area contributed by atoms with Crippen molar-refractivity contribution >= 4 is 57.5 Å². The van der Waals surface area contributed by atoms with Gasteiger partial charge in [0.2, 0.25) is 5.91 Å². The van der Waals surface area contributed by atoms with E-state index in [1.165, 1.54) is 5.56 Å². The Morgan fingerprint density at radius 3 is 2.69 bits per heavy atom. The predicted octanol–water partition coefficient (Wildman–Crippen LogP) is 5.10. The van der Waals surface area contributed by atoms with Crippen LogP contribution in [0.5, 0.6) is 11.5 Å². The number of hydrogen-bond acceptors (Lipinski definition) is 6. The van der Waals surface area contributed by atoms with Gasteiger partial charge in [-0.3, -0.25) is 19.3 Å². The fourth-order valence-electron chi connectivity index (χ4n) is 3.95. The molecule has 0 spiro atoms. The van der Waals surface area contributed by atoms with Gasteiger partial charge >= 0.3 is 0 Å². The minimum absolute atomic E-state index is 0.0330. The second kappa shape index (κ2) is 11.0. The van der Waals surface area contributed by atoms with E-state index in [9.17, 15) is 14.4 Å². The topological polar surface area (TPSA) is 76.2 Å². The van der Waals surface area contributed by atoms with Crippen molar-refractivity contribution < 1.29 is 23.9 Å². The van der Waals surface area contributed by atoms with Crippen LogP contribution in [0.2, 0.25) is 0 Å². The van der Waals surface area contributed by atoms with E-state index in [0.29, 0.717) is 30.2 Å². The lowest BCUT2D eigenvalue weighted by atomic mass is 10.00. The zero-order chi connectivity index (χ0) is 25.1. The maximum atomic E-state index is 13.0. The van der Waals surface area contributed by atoms with Crippen LogP contribution in [-0.4, -0.2) is 53.2 Å². The molecule has 2 aromatic carbocycles. The van der Waals surface area contributed by atoms with E-state index in [4.69, 9.17) is 9.47 Å². The van der Waals surface area contributed by atoms with Gasteiger partial charge in [0, 0.05) is 13.1 Å². The van der Waals surface area contributed by atoms with Gasteiger partial charge in [0.25, 0.3) is 11.1 Å². The molecule has 2 aliphatic rings. The predicted molar refractivity (Wildman–Crippen MR) is 144 cm³/mol. The van der Waals surface area contributed by atoms with Crippen LogP contribution in [-0.2, 0) is 22.6 Å². The molecule has 3 amide bonds. The lowest BCUT2D eigenvalue weighted by Gasteiger charge is -2.29. The lowest BCUT2D eigenvalue weighted by molar-refractivity contribution is -0.136. The summed E-state index contributed by atoms with van der Waals surface area (Å²) in [6, 6.07) is 11.7. The first kappa shape index (κ1) is 25.6. The number of imide groups is 1. The number of benzene rings is 2. The number of fused-ring (bicyclic) bond motifs is 1. The summed E-state index contributed by atoms with van der Waals surface area (Å²) in [6.07, 6.45) is 3.31. The number of thioether (sulfide) groups is 1. The van der Waals surface area contributed by atoms with Crippen molar-refractivity contribution in [2.75, 3.05) is 20.2 Å². The summed E-state index contributed by atoms with van der Waals surface area (Å²) in [4.78, 5) is 41.6. The zero-order valence-electron chi connectivity index (χ0n) is 19.9. The number of rotatable bonds is 7. The van der Waals surface area contributed by atoms with Crippen LogP contribution in [0.1, 0.15) is 37.0 Å². The lowest BCUT2D eigenvalue weighted by Crippen LogP contribution is -2.44. The number of amides is 3. The molecule has 0 N–H and O–H groups in total. The Hall–Kier alpha value is -2.53. The maximum Gasteiger partial charge on any atom is 0.294 e. The molecule has 0 saturated carbocycles. The molecule has 184 valence electrons. The number of halogens is 1. The van der Waals surface area contributed by atoms with E-state index in [1.54, 1.807) is 24.2 Å². The number of carbonyl (C=O) groups excluding carboxylic acids is 3. The van der Waals surface area contributed by atoms with Crippen molar-refractivity contribution in [3.05, 3.63) is 61.6 Å². The van der Waals surface area contributed by atoms with E-state index in [1.807, 2.05) is 38.1 Å². The van der Waals surface area contributed by atoms with E-state index in [0.717, 1.165) is 38.6 Å². The smallest absolute Gasteiger partial charge is 0.294 e. The number of nitrogens with zero attached hydrogens (tertiary/aromatic N) is 2. The minimum atomic E-state index is -0.459. The molecule has 2 heterocycles. The molecule has 1 fully saturated rings. The summed E-state index contributed by atoms with van der Waals surface area (Å²) in [5, 5.41) is -0.439. The molecular formula is C26H27IN2O5S. The molecule has 2 aliphatic heterocycles. The first-order chi connectivity index (χ1) is 16.8. The van der Waals surface area contributed by atoms with Gasteiger partial charge in [0.05, 0.1) is 21.7 Å². The van der Waals surface area contributed by atoms with E-state index >= 15 is 0 Å². The first-order valence-electron chi connectivity index (χ1n) is 11.4. The largest absolute Gasteiger partial charge is 0.493 e. The molecule has 0 bridgehead atoms. The minimum Gasteiger partial charge on any atom is -0.493 e. The third-order valence-electron chi connectivity index (χ3n) is 6.09. The number of ether oxygens (including phenoxy) is 2. The first-order valence-corrected chi connectivity index (χ1v) is 13.3. The van der Waals surface area contributed by atoms with Crippen LogP contribution < -0.4 is 9.47 Å². The third kappa shape index (κ3) is 5.66. The molecule has 4 rings (SSSR count). The van der Waals surface area contributed by atoms with Gasteiger partial charge in [-0.2, -0.15) is 0 Å². The molecule has 7 nitrogen and oxygen atoms in total. The van der Waals surface area contributed by atoms with Crippen LogP contribution in [0.15, 0.2) is 41.3 Å². The van der Waals surface area contributed by atoms with Crippen LogP contribution in [0, 0.1) is 3.57 Å². The molecule has 0 aliphatic carbocycles. The Morgan fingerprint density at radius 1 is 1.23 bits per heavy atom. The SMILES string of the molecule is CC[C@@H](C)Oc1c(I)cc(/C=C2\SC(=O)N(CC(=O)N3CCc4ccccc4C3)C2=O)cc1OC. The van der Waals surface area contributed by atoms with Crippen molar-refractivity contribution in [3.8, 4) is 11.5 Å². The standard InChI is InChI=1S/C26H27IN2O5S/c1-4-16(2)34-24-20(27)11-17(12-21(24)33-3)13-22-25(31)29(26(32)35-22)15-23(30)28-10-9-18-7-5-6-8-19(18)14-28/h5-8,11-13,16H,4,9-10,14-15H2,1-3H3/b22-13-/t16-/m1/s1. The van der Waals surface area contributed by atoms with Gasteiger partial charge in [-0.1, -0.05) is 31.2 Å². The van der Waals surface area contributed by atoms with Crippen molar-refractivity contribution in [1.82, 2.24) is 9.80 Å². The number of hydrogen-bond donors (Lipinski definition) is 0. The highest BCUT2D eigenvalue weighted by Crippen LogP contribution is 2.38. The summed E-state index contributed by atoms with van der Waals surface area (Å²) < 4.78 is 12.3. The molecule has 35 heavy (non-hydrogen) atoms. The number of carbonyl (C=O) groups is 3. The van der Waals surface area contributed by atoms with Gasteiger partial charge in [-0.15, -0.1) is 0 Å². The van der Waals surface area contributed by atoms with Gasteiger partial charge < -0.3 is 14.4 Å². The van der Waals surface area contributed by atoms with Gasteiger partial charge in [0.15, 0.2) is 11.5 Å². The van der Waals surface area contributed by atoms with E-state index in [-0.39, 0.29) is 23.5 Å². The fourth-order valence-corrected chi connectivity index (χ4v) is 5.54. The van der Waals surface area contributed by atoms with Gasteiger partial charge in [0.1, 0.15) is 6.54 Å².